The van der Waals surface area contributed by atoms with Gasteiger partial charge in [0, 0.05) is 6.04 Å². The van der Waals surface area contributed by atoms with Crippen molar-refractivity contribution in [2.45, 2.75) is 26.3 Å². The van der Waals surface area contributed by atoms with E-state index in [1.807, 2.05) is 25.3 Å². The van der Waals surface area contributed by atoms with Gasteiger partial charge in [-0.15, -0.1) is 11.3 Å². The molecule has 5 nitrogen and oxygen atoms in total. The summed E-state index contributed by atoms with van der Waals surface area (Å²) in [5.41, 5.74) is 0.885. The van der Waals surface area contributed by atoms with Crippen molar-refractivity contribution < 1.29 is 9.90 Å². The zero-order valence-corrected chi connectivity index (χ0v) is 11.1. The van der Waals surface area contributed by atoms with E-state index in [0.717, 1.165) is 16.0 Å². The first-order chi connectivity index (χ1) is 8.58. The van der Waals surface area contributed by atoms with Gasteiger partial charge < -0.3 is 10.4 Å². The minimum absolute atomic E-state index is 0.0779. The number of fused-ring (bicyclic) bond motifs is 1. The number of hydrogen-bond donors (Lipinski definition) is 2. The van der Waals surface area contributed by atoms with Gasteiger partial charge in [0.05, 0.1) is 16.6 Å². The van der Waals surface area contributed by atoms with Crippen LogP contribution >= 0.6 is 11.3 Å². The number of thiophene rings is 1. The molecule has 1 unspecified atom stereocenters. The Hall–Kier alpha value is -1.69. The Balaban J connectivity index is 2.25. The van der Waals surface area contributed by atoms with Gasteiger partial charge in [-0.25, -0.2) is 9.97 Å². The quantitative estimate of drug-likeness (QED) is 0.869. The summed E-state index contributed by atoms with van der Waals surface area (Å²) in [6.07, 6.45) is 1.57. The van der Waals surface area contributed by atoms with Gasteiger partial charge in [0.2, 0.25) is 0 Å². The maximum Gasteiger partial charge on any atom is 0.305 e. The number of carbonyl (C=O) groups is 1. The SMILES string of the molecule is CC(C)C(CC(=O)O)Nc1ncnc2ccsc12. The molecule has 0 aliphatic carbocycles. The molecule has 1 atom stereocenters. The van der Waals surface area contributed by atoms with Crippen LogP contribution in [0.5, 0.6) is 0 Å². The number of hydrogen-bond acceptors (Lipinski definition) is 5. The fourth-order valence-electron chi connectivity index (χ4n) is 1.71. The summed E-state index contributed by atoms with van der Waals surface area (Å²) in [6.45, 7) is 3.99. The number of carboxylic acids is 1. The average molecular weight is 265 g/mol. The van der Waals surface area contributed by atoms with Gasteiger partial charge in [0.1, 0.15) is 12.1 Å². The van der Waals surface area contributed by atoms with Gasteiger partial charge in [-0.2, -0.15) is 0 Å². The van der Waals surface area contributed by atoms with E-state index in [2.05, 4.69) is 15.3 Å². The van der Waals surface area contributed by atoms with E-state index in [0.29, 0.717) is 0 Å². The molecule has 2 aromatic rings. The molecule has 0 spiro atoms. The Bertz CT molecular complexity index is 553. The van der Waals surface area contributed by atoms with Crippen molar-refractivity contribution in [3.63, 3.8) is 0 Å². The first-order valence-corrected chi connectivity index (χ1v) is 6.62. The molecule has 0 saturated carbocycles. The molecule has 18 heavy (non-hydrogen) atoms. The molecule has 0 saturated heterocycles. The van der Waals surface area contributed by atoms with Crippen LogP contribution in [0.2, 0.25) is 0 Å². The Morgan fingerprint density at radius 1 is 1.50 bits per heavy atom. The lowest BCUT2D eigenvalue weighted by Crippen LogP contribution is -2.29. The van der Waals surface area contributed by atoms with Crippen molar-refractivity contribution in [3.05, 3.63) is 17.8 Å². The maximum atomic E-state index is 10.8. The van der Waals surface area contributed by atoms with Gasteiger partial charge >= 0.3 is 5.97 Å². The van der Waals surface area contributed by atoms with Crippen molar-refractivity contribution in [1.82, 2.24) is 9.97 Å². The Morgan fingerprint density at radius 3 is 2.94 bits per heavy atom. The molecule has 0 radical (unpaired) electrons. The maximum absolute atomic E-state index is 10.8. The summed E-state index contributed by atoms with van der Waals surface area (Å²) in [7, 11) is 0. The molecular formula is C12H15N3O2S. The van der Waals surface area contributed by atoms with E-state index in [1.165, 1.54) is 6.33 Å². The van der Waals surface area contributed by atoms with Crippen molar-refractivity contribution >= 4 is 33.3 Å². The van der Waals surface area contributed by atoms with Crippen LogP contribution in [0.1, 0.15) is 20.3 Å². The van der Waals surface area contributed by atoms with Gasteiger partial charge in [-0.3, -0.25) is 4.79 Å². The van der Waals surface area contributed by atoms with Crippen LogP contribution in [0, 0.1) is 5.92 Å². The summed E-state index contributed by atoms with van der Waals surface area (Å²) in [5, 5.41) is 14.1. The number of anilines is 1. The van der Waals surface area contributed by atoms with Crippen molar-refractivity contribution in [3.8, 4) is 0 Å². The van der Waals surface area contributed by atoms with E-state index in [1.54, 1.807) is 11.3 Å². The number of rotatable bonds is 5. The number of aliphatic carboxylic acids is 1. The number of nitrogens with one attached hydrogen (secondary N) is 1. The third kappa shape index (κ3) is 2.76. The first kappa shape index (κ1) is 12.8. The molecule has 0 bridgehead atoms. The molecule has 2 aromatic heterocycles. The average Bonchev–Trinajstić information content (AvgIpc) is 2.76. The van der Waals surface area contributed by atoms with Crippen LogP contribution < -0.4 is 5.32 Å². The van der Waals surface area contributed by atoms with E-state index < -0.39 is 5.97 Å². The third-order valence-corrected chi connectivity index (χ3v) is 3.67. The van der Waals surface area contributed by atoms with E-state index >= 15 is 0 Å². The molecular weight excluding hydrogens is 250 g/mol. The minimum Gasteiger partial charge on any atom is -0.481 e. The second-order valence-corrected chi connectivity index (χ2v) is 5.37. The second kappa shape index (κ2) is 5.30. The fourth-order valence-corrected chi connectivity index (χ4v) is 2.51. The zero-order chi connectivity index (χ0) is 13.1. The highest BCUT2D eigenvalue weighted by Gasteiger charge is 2.18. The summed E-state index contributed by atoms with van der Waals surface area (Å²) >= 11 is 1.55. The molecule has 6 heteroatoms. The highest BCUT2D eigenvalue weighted by atomic mass is 32.1. The van der Waals surface area contributed by atoms with Crippen molar-refractivity contribution in [2.75, 3.05) is 5.32 Å². The van der Waals surface area contributed by atoms with Crippen molar-refractivity contribution in [2.24, 2.45) is 5.92 Å². The van der Waals surface area contributed by atoms with Crippen LogP contribution in [0.25, 0.3) is 10.2 Å². The molecule has 0 aliphatic rings. The van der Waals surface area contributed by atoms with E-state index in [9.17, 15) is 4.79 Å². The topological polar surface area (TPSA) is 75.1 Å². The second-order valence-electron chi connectivity index (χ2n) is 4.45. The number of nitrogens with zero attached hydrogens (tertiary/aromatic N) is 2. The van der Waals surface area contributed by atoms with Crippen molar-refractivity contribution in [1.29, 1.82) is 0 Å². The molecule has 2 rings (SSSR count). The Kier molecular flexibility index (Phi) is 3.76. The van der Waals surface area contributed by atoms with Crippen LogP contribution in [0.15, 0.2) is 17.8 Å². The lowest BCUT2D eigenvalue weighted by molar-refractivity contribution is -0.137. The smallest absolute Gasteiger partial charge is 0.305 e. The van der Waals surface area contributed by atoms with Crippen LogP contribution in [-0.2, 0) is 4.79 Å². The zero-order valence-electron chi connectivity index (χ0n) is 10.3. The predicted molar refractivity (Wildman–Crippen MR) is 71.9 cm³/mol. The fraction of sp³-hybridized carbons (Fsp3) is 0.417. The molecule has 2 heterocycles. The number of aromatic nitrogens is 2. The standard InChI is InChI=1S/C12H15N3O2S/c1-7(2)9(5-10(16)17)15-12-11-8(3-4-18-11)13-6-14-12/h3-4,6-7,9H,5H2,1-2H3,(H,16,17)(H,13,14,15). The lowest BCUT2D eigenvalue weighted by atomic mass is 10.0. The first-order valence-electron chi connectivity index (χ1n) is 5.74. The molecule has 2 N–H and O–H groups in total. The van der Waals surface area contributed by atoms with E-state index in [4.69, 9.17) is 5.11 Å². The van der Waals surface area contributed by atoms with Gasteiger partial charge in [-0.05, 0) is 17.4 Å². The largest absolute Gasteiger partial charge is 0.481 e. The highest BCUT2D eigenvalue weighted by molar-refractivity contribution is 7.17. The normalized spacial score (nSPS) is 12.8. The summed E-state index contributed by atoms with van der Waals surface area (Å²) < 4.78 is 0.966. The van der Waals surface area contributed by atoms with Crippen LogP contribution in [-0.4, -0.2) is 27.1 Å². The summed E-state index contributed by atoms with van der Waals surface area (Å²) in [6, 6.07) is 1.79. The lowest BCUT2D eigenvalue weighted by Gasteiger charge is -2.21. The monoisotopic (exact) mass is 265 g/mol. The molecule has 0 aromatic carbocycles. The number of carboxylic acid groups (broad SMARTS) is 1. The highest BCUT2D eigenvalue weighted by Crippen LogP contribution is 2.26. The third-order valence-electron chi connectivity index (χ3n) is 2.76. The molecule has 96 valence electrons. The minimum atomic E-state index is -0.808. The van der Waals surface area contributed by atoms with E-state index in [-0.39, 0.29) is 18.4 Å². The molecule has 0 amide bonds. The van der Waals surface area contributed by atoms with Crippen LogP contribution in [0.4, 0.5) is 5.82 Å². The summed E-state index contributed by atoms with van der Waals surface area (Å²) in [5.74, 6) is 0.124. The molecule has 0 aliphatic heterocycles. The summed E-state index contributed by atoms with van der Waals surface area (Å²) in [4.78, 5) is 19.2. The van der Waals surface area contributed by atoms with Gasteiger partial charge in [0.25, 0.3) is 0 Å². The van der Waals surface area contributed by atoms with Gasteiger partial charge in [0.15, 0.2) is 0 Å². The van der Waals surface area contributed by atoms with Crippen LogP contribution in [0.3, 0.4) is 0 Å². The molecule has 0 fully saturated rings. The Labute approximate surface area is 109 Å². The van der Waals surface area contributed by atoms with Gasteiger partial charge in [-0.1, -0.05) is 13.8 Å². The Morgan fingerprint density at radius 2 is 2.28 bits per heavy atom. The predicted octanol–water partition coefficient (Wildman–Crippen LogP) is 2.60.